The number of furan rings is 1. The number of nitrogens with zero attached hydrogens (tertiary/aromatic N) is 2. The lowest BCUT2D eigenvalue weighted by atomic mass is 10.2. The molecule has 0 fully saturated rings. The Hall–Kier alpha value is -2.38. The number of carbonyl (C=O) groups excluding carboxylic acids is 1. The maximum atomic E-state index is 11.8. The number of ether oxygens (including phenoxy) is 1. The Balaban J connectivity index is 1.99. The van der Waals surface area contributed by atoms with Gasteiger partial charge in [-0.05, 0) is 81.6 Å². The van der Waals surface area contributed by atoms with Gasteiger partial charge in [0.15, 0.2) is 5.11 Å². The van der Waals surface area contributed by atoms with Crippen LogP contribution in [0.5, 0.6) is 0 Å². The first-order valence-electron chi connectivity index (χ1n) is 10.1. The highest BCUT2D eigenvalue weighted by Gasteiger charge is 2.13. The first-order valence-corrected chi connectivity index (χ1v) is 10.6. The summed E-state index contributed by atoms with van der Waals surface area (Å²) >= 11 is 5.66. The largest absolute Gasteiger partial charge is 0.467 e. The molecule has 29 heavy (non-hydrogen) atoms. The number of rotatable bonds is 11. The number of carbonyl (C=O) groups is 1. The average molecular weight is 418 g/mol. The van der Waals surface area contributed by atoms with Gasteiger partial charge in [-0.1, -0.05) is 13.8 Å². The Morgan fingerprint density at radius 3 is 2.41 bits per heavy atom. The summed E-state index contributed by atoms with van der Waals surface area (Å²) in [5, 5.41) is 3.90. The Kier molecular flexibility index (Phi) is 9.67. The van der Waals surface area contributed by atoms with Gasteiger partial charge in [0.1, 0.15) is 5.76 Å². The lowest BCUT2D eigenvalue weighted by Crippen LogP contribution is -2.36. The minimum Gasteiger partial charge on any atom is -0.467 e. The number of hydrogen-bond acceptors (Lipinski definition) is 5. The molecule has 2 rings (SSSR count). The van der Waals surface area contributed by atoms with E-state index in [1.165, 1.54) is 0 Å². The summed E-state index contributed by atoms with van der Waals surface area (Å²) < 4.78 is 10.5. The van der Waals surface area contributed by atoms with E-state index in [0.29, 0.717) is 23.8 Å². The molecule has 0 atom stereocenters. The van der Waals surface area contributed by atoms with Crippen molar-refractivity contribution in [1.82, 2.24) is 9.80 Å². The van der Waals surface area contributed by atoms with Crippen LogP contribution in [0.2, 0.25) is 0 Å². The number of nitrogens with one attached hydrogen (secondary N) is 1. The molecule has 2 aromatic rings. The third-order valence-corrected chi connectivity index (χ3v) is 5.02. The third kappa shape index (κ3) is 7.51. The summed E-state index contributed by atoms with van der Waals surface area (Å²) in [7, 11) is 0. The van der Waals surface area contributed by atoms with Gasteiger partial charge < -0.3 is 24.3 Å². The standard InChI is InChI=1S/C22H31N3O3S/c1-4-24(5-2)14-8-15-25(17-20-9-7-16-28-20)22(29)23-19-12-10-18(11-13-19)21(26)27-6-3/h7,9-13,16H,4-6,8,14-15,17H2,1-3H3,(H,23,29). The molecule has 0 spiro atoms. The van der Waals surface area contributed by atoms with Crippen molar-refractivity contribution in [3.8, 4) is 0 Å². The highest BCUT2D eigenvalue weighted by atomic mass is 32.1. The minimum absolute atomic E-state index is 0.322. The molecule has 0 unspecified atom stereocenters. The molecule has 0 bridgehead atoms. The van der Waals surface area contributed by atoms with Gasteiger partial charge in [0.25, 0.3) is 0 Å². The molecule has 7 heteroatoms. The van der Waals surface area contributed by atoms with E-state index in [1.807, 2.05) is 24.3 Å². The maximum Gasteiger partial charge on any atom is 0.338 e. The fourth-order valence-corrected chi connectivity index (χ4v) is 3.25. The zero-order chi connectivity index (χ0) is 21.1. The number of anilines is 1. The van der Waals surface area contributed by atoms with Gasteiger partial charge in [0.2, 0.25) is 0 Å². The molecular formula is C22H31N3O3S. The van der Waals surface area contributed by atoms with Crippen LogP contribution in [0.15, 0.2) is 47.1 Å². The first-order chi connectivity index (χ1) is 14.1. The molecule has 0 aliphatic rings. The summed E-state index contributed by atoms with van der Waals surface area (Å²) in [6.07, 6.45) is 2.68. The van der Waals surface area contributed by atoms with E-state index >= 15 is 0 Å². The van der Waals surface area contributed by atoms with Crippen LogP contribution in [0.1, 0.15) is 43.3 Å². The van der Waals surface area contributed by atoms with Crippen molar-refractivity contribution in [2.75, 3.05) is 38.1 Å². The van der Waals surface area contributed by atoms with E-state index in [9.17, 15) is 4.79 Å². The van der Waals surface area contributed by atoms with Crippen LogP contribution >= 0.6 is 12.2 Å². The number of esters is 1. The van der Waals surface area contributed by atoms with Crippen LogP contribution < -0.4 is 5.32 Å². The van der Waals surface area contributed by atoms with Crippen molar-refractivity contribution in [3.05, 3.63) is 54.0 Å². The molecule has 1 aromatic heterocycles. The van der Waals surface area contributed by atoms with Gasteiger partial charge in [-0.3, -0.25) is 0 Å². The summed E-state index contributed by atoms with van der Waals surface area (Å²) in [5.74, 6) is 0.548. The molecule has 0 saturated heterocycles. The zero-order valence-electron chi connectivity index (χ0n) is 17.5. The predicted molar refractivity (Wildman–Crippen MR) is 120 cm³/mol. The number of thiocarbonyl (C=S) groups is 1. The van der Waals surface area contributed by atoms with E-state index in [0.717, 1.165) is 44.0 Å². The highest BCUT2D eigenvalue weighted by Crippen LogP contribution is 2.14. The van der Waals surface area contributed by atoms with Crippen LogP contribution in [-0.2, 0) is 11.3 Å². The zero-order valence-corrected chi connectivity index (χ0v) is 18.3. The second-order valence-corrected chi connectivity index (χ2v) is 7.00. The highest BCUT2D eigenvalue weighted by molar-refractivity contribution is 7.80. The van der Waals surface area contributed by atoms with Gasteiger partial charge in [-0.2, -0.15) is 0 Å². The lowest BCUT2D eigenvalue weighted by molar-refractivity contribution is 0.0526. The molecule has 0 aliphatic carbocycles. The first kappa shape index (κ1) is 22.9. The van der Waals surface area contributed by atoms with E-state index in [1.54, 1.807) is 25.3 Å². The SMILES string of the molecule is CCOC(=O)c1ccc(NC(=S)N(CCCN(CC)CC)Cc2ccco2)cc1. The fourth-order valence-electron chi connectivity index (χ4n) is 2.97. The van der Waals surface area contributed by atoms with Gasteiger partial charge in [-0.15, -0.1) is 0 Å². The molecule has 0 aliphatic heterocycles. The molecule has 158 valence electrons. The van der Waals surface area contributed by atoms with Crippen LogP contribution in [0.25, 0.3) is 0 Å². The van der Waals surface area contributed by atoms with Crippen LogP contribution in [0.4, 0.5) is 5.69 Å². The van der Waals surface area contributed by atoms with Crippen molar-refractivity contribution >= 4 is 29.0 Å². The smallest absolute Gasteiger partial charge is 0.338 e. The summed E-state index contributed by atoms with van der Waals surface area (Å²) in [6.45, 7) is 11.1. The van der Waals surface area contributed by atoms with Gasteiger partial charge >= 0.3 is 5.97 Å². The summed E-state index contributed by atoms with van der Waals surface area (Å²) in [4.78, 5) is 16.3. The average Bonchev–Trinajstić information content (AvgIpc) is 3.24. The van der Waals surface area contributed by atoms with Crippen molar-refractivity contribution in [3.63, 3.8) is 0 Å². The Morgan fingerprint density at radius 2 is 1.83 bits per heavy atom. The normalized spacial score (nSPS) is 10.8. The van der Waals surface area contributed by atoms with Crippen molar-refractivity contribution in [2.24, 2.45) is 0 Å². The molecular weight excluding hydrogens is 386 g/mol. The molecule has 1 heterocycles. The minimum atomic E-state index is -0.322. The monoisotopic (exact) mass is 417 g/mol. The Labute approximate surface area is 178 Å². The Bertz CT molecular complexity index is 743. The predicted octanol–water partition coefficient (Wildman–Crippen LogP) is 4.39. The van der Waals surface area contributed by atoms with Crippen molar-refractivity contribution < 1.29 is 13.9 Å². The third-order valence-electron chi connectivity index (χ3n) is 4.66. The van der Waals surface area contributed by atoms with Crippen molar-refractivity contribution in [1.29, 1.82) is 0 Å². The van der Waals surface area contributed by atoms with Crippen LogP contribution in [0.3, 0.4) is 0 Å². The lowest BCUT2D eigenvalue weighted by Gasteiger charge is -2.26. The second kappa shape index (κ2) is 12.2. The number of hydrogen-bond donors (Lipinski definition) is 1. The fraction of sp³-hybridized carbons (Fsp3) is 0.455. The van der Waals surface area contributed by atoms with Gasteiger partial charge in [0.05, 0.1) is 25.0 Å². The maximum absolute atomic E-state index is 11.8. The molecule has 0 radical (unpaired) electrons. The molecule has 6 nitrogen and oxygen atoms in total. The summed E-state index contributed by atoms with van der Waals surface area (Å²) in [5.41, 5.74) is 1.35. The van der Waals surface area contributed by atoms with Gasteiger partial charge in [0, 0.05) is 12.2 Å². The molecule has 1 N–H and O–H groups in total. The second-order valence-electron chi connectivity index (χ2n) is 6.61. The topological polar surface area (TPSA) is 58.0 Å². The molecule has 1 aromatic carbocycles. The quantitative estimate of drug-likeness (QED) is 0.430. The molecule has 0 amide bonds. The van der Waals surface area contributed by atoms with E-state index in [2.05, 4.69) is 29.0 Å². The molecule has 0 saturated carbocycles. The summed E-state index contributed by atoms with van der Waals surface area (Å²) in [6, 6.07) is 11.0. The van der Waals surface area contributed by atoms with Crippen LogP contribution in [0, 0.1) is 0 Å². The number of benzene rings is 1. The Morgan fingerprint density at radius 1 is 1.10 bits per heavy atom. The van der Waals surface area contributed by atoms with E-state index < -0.39 is 0 Å². The van der Waals surface area contributed by atoms with Crippen molar-refractivity contribution in [2.45, 2.75) is 33.7 Å². The van der Waals surface area contributed by atoms with Gasteiger partial charge in [-0.25, -0.2) is 4.79 Å². The van der Waals surface area contributed by atoms with Crippen LogP contribution in [-0.4, -0.2) is 53.7 Å². The van der Waals surface area contributed by atoms with E-state index in [4.69, 9.17) is 21.4 Å². The van der Waals surface area contributed by atoms with E-state index in [-0.39, 0.29) is 5.97 Å².